The predicted octanol–water partition coefficient (Wildman–Crippen LogP) is 5.73. The molecule has 1 aliphatic rings. The molecule has 0 amide bonds. The summed E-state index contributed by atoms with van der Waals surface area (Å²) in [5.74, 6) is 6.58. The number of halogens is 1. The fourth-order valence-electron chi connectivity index (χ4n) is 3.63. The summed E-state index contributed by atoms with van der Waals surface area (Å²) in [6.45, 7) is 2.54. The van der Waals surface area contributed by atoms with Crippen LogP contribution in [0.2, 0.25) is 5.02 Å². The van der Waals surface area contributed by atoms with E-state index in [1.807, 2.05) is 55.5 Å². The first-order valence-corrected chi connectivity index (χ1v) is 12.2. The highest BCUT2D eigenvalue weighted by Gasteiger charge is 2.19. The fourth-order valence-corrected chi connectivity index (χ4v) is 3.75. The summed E-state index contributed by atoms with van der Waals surface area (Å²) >= 11 is 6.11. The van der Waals surface area contributed by atoms with Crippen LogP contribution < -0.4 is 14.8 Å². The van der Waals surface area contributed by atoms with Crippen LogP contribution in [0.5, 0.6) is 11.5 Å². The van der Waals surface area contributed by atoms with Crippen LogP contribution in [0.1, 0.15) is 35.1 Å². The molecule has 1 saturated carbocycles. The number of rotatable bonds is 10. The topological polar surface area (TPSA) is 67.8 Å². The fraction of sp³-hybridized carbons (Fsp3) is 0.233. The first-order chi connectivity index (χ1) is 17.5. The number of hydrogen-bond donors (Lipinski definition) is 2. The van der Waals surface area contributed by atoms with Gasteiger partial charge in [-0.3, -0.25) is 0 Å². The molecule has 3 aromatic rings. The van der Waals surface area contributed by atoms with Gasteiger partial charge in [-0.1, -0.05) is 47.7 Å². The van der Waals surface area contributed by atoms with Gasteiger partial charge in [0.05, 0.1) is 6.54 Å². The molecule has 4 rings (SSSR count). The van der Waals surface area contributed by atoms with Crippen molar-refractivity contribution in [2.45, 2.75) is 25.8 Å². The molecule has 0 saturated heterocycles. The van der Waals surface area contributed by atoms with Crippen LogP contribution in [0.25, 0.3) is 5.57 Å². The van der Waals surface area contributed by atoms with Crippen LogP contribution >= 0.6 is 11.6 Å². The summed E-state index contributed by atoms with van der Waals surface area (Å²) in [5.41, 5.74) is 4.89. The molecule has 6 heteroatoms. The lowest BCUT2D eigenvalue weighted by molar-refractivity contribution is -0.139. The highest BCUT2D eigenvalue weighted by Crippen LogP contribution is 2.27. The van der Waals surface area contributed by atoms with Gasteiger partial charge in [0.15, 0.2) is 6.61 Å². The molecule has 0 aliphatic heterocycles. The number of ether oxygens (including phenoxy) is 2. The van der Waals surface area contributed by atoms with Gasteiger partial charge in [-0.25, -0.2) is 4.79 Å². The summed E-state index contributed by atoms with van der Waals surface area (Å²) in [7, 11) is 0. The SMILES string of the molecule is Cc1cc(OC/C=C(\c2ccc(Cl)cc2)c2ccc(C#CCNC3CC3)cc2)ccc1OCC(=O)O. The molecule has 0 bridgehead atoms. The molecule has 0 aromatic heterocycles. The van der Waals surface area contributed by atoms with Gasteiger partial charge in [-0.2, -0.15) is 0 Å². The molecule has 36 heavy (non-hydrogen) atoms. The quantitative estimate of drug-likeness (QED) is 0.347. The average molecular weight is 502 g/mol. The van der Waals surface area contributed by atoms with Gasteiger partial charge in [-0.15, -0.1) is 0 Å². The number of aliphatic carboxylic acids is 1. The molecule has 0 unspecified atom stereocenters. The number of carbonyl (C=O) groups is 1. The number of hydrogen-bond acceptors (Lipinski definition) is 4. The first-order valence-electron chi connectivity index (χ1n) is 11.8. The van der Waals surface area contributed by atoms with E-state index in [1.54, 1.807) is 12.1 Å². The van der Waals surface area contributed by atoms with Crippen LogP contribution in [0, 0.1) is 18.8 Å². The molecule has 0 spiro atoms. The Hall–Kier alpha value is -3.72. The van der Waals surface area contributed by atoms with Gasteiger partial charge in [0.2, 0.25) is 0 Å². The highest BCUT2D eigenvalue weighted by atomic mass is 35.5. The van der Waals surface area contributed by atoms with E-state index in [-0.39, 0.29) is 6.61 Å². The molecular weight excluding hydrogens is 474 g/mol. The van der Waals surface area contributed by atoms with E-state index < -0.39 is 5.97 Å². The Morgan fingerprint density at radius 3 is 2.39 bits per heavy atom. The number of carboxylic acid groups (broad SMARTS) is 1. The second kappa shape index (κ2) is 12.3. The van der Waals surface area contributed by atoms with E-state index in [9.17, 15) is 4.79 Å². The second-order valence-electron chi connectivity index (χ2n) is 8.58. The van der Waals surface area contributed by atoms with E-state index in [1.165, 1.54) is 12.8 Å². The van der Waals surface area contributed by atoms with Crippen molar-refractivity contribution in [3.63, 3.8) is 0 Å². The minimum atomic E-state index is -1.01. The monoisotopic (exact) mass is 501 g/mol. The summed E-state index contributed by atoms with van der Waals surface area (Å²) in [4.78, 5) is 10.7. The van der Waals surface area contributed by atoms with Gasteiger partial charge in [0, 0.05) is 16.6 Å². The van der Waals surface area contributed by atoms with Gasteiger partial charge in [0.25, 0.3) is 0 Å². The standard InChI is InChI=1S/C30H28ClNO4/c1-21-19-27(14-15-29(21)36-20-30(33)34)35-18-16-28(24-8-10-25(31)11-9-24)23-6-4-22(5-7-23)3-2-17-32-26-12-13-26/h4-11,14-16,19,26,32H,12-13,17-18,20H2,1H3,(H,33,34)/b28-16-. The molecule has 2 N–H and O–H groups in total. The van der Waals surface area contributed by atoms with Gasteiger partial charge < -0.3 is 19.9 Å². The Labute approximate surface area is 216 Å². The Balaban J connectivity index is 1.47. The number of aryl methyl sites for hydroxylation is 1. The summed E-state index contributed by atoms with van der Waals surface area (Å²) in [5, 5.41) is 12.9. The second-order valence-corrected chi connectivity index (χ2v) is 9.02. The molecule has 0 atom stereocenters. The largest absolute Gasteiger partial charge is 0.489 e. The molecular formula is C30H28ClNO4. The van der Waals surface area contributed by atoms with Crippen molar-refractivity contribution >= 4 is 23.1 Å². The molecule has 1 aliphatic carbocycles. The molecule has 0 radical (unpaired) electrons. The molecule has 5 nitrogen and oxygen atoms in total. The van der Waals surface area contributed by atoms with Crippen LogP contribution in [-0.4, -0.2) is 36.9 Å². The van der Waals surface area contributed by atoms with Gasteiger partial charge in [0.1, 0.15) is 18.1 Å². The maximum atomic E-state index is 10.7. The Bertz CT molecular complexity index is 1280. The third-order valence-corrected chi connectivity index (χ3v) is 5.93. The molecule has 0 heterocycles. The summed E-state index contributed by atoms with van der Waals surface area (Å²) in [6.07, 6.45) is 4.55. The van der Waals surface area contributed by atoms with Crippen molar-refractivity contribution in [2.75, 3.05) is 19.8 Å². The Kier molecular flexibility index (Phi) is 8.67. The minimum Gasteiger partial charge on any atom is -0.489 e. The Morgan fingerprint density at radius 1 is 1.06 bits per heavy atom. The summed E-state index contributed by atoms with van der Waals surface area (Å²) < 4.78 is 11.3. The van der Waals surface area contributed by atoms with E-state index in [2.05, 4.69) is 29.3 Å². The molecule has 1 fully saturated rings. The van der Waals surface area contributed by atoms with Crippen LogP contribution in [0.15, 0.2) is 72.8 Å². The third kappa shape index (κ3) is 7.64. The third-order valence-electron chi connectivity index (χ3n) is 5.68. The predicted molar refractivity (Wildman–Crippen MR) is 143 cm³/mol. The van der Waals surface area contributed by atoms with E-state index in [0.717, 1.165) is 27.8 Å². The zero-order valence-electron chi connectivity index (χ0n) is 20.1. The lowest BCUT2D eigenvalue weighted by atomic mass is 9.97. The van der Waals surface area contributed by atoms with Gasteiger partial charge >= 0.3 is 5.97 Å². The van der Waals surface area contributed by atoms with Gasteiger partial charge in [-0.05, 0) is 90.6 Å². The van der Waals surface area contributed by atoms with Crippen molar-refractivity contribution in [1.29, 1.82) is 0 Å². The van der Waals surface area contributed by atoms with Crippen molar-refractivity contribution in [1.82, 2.24) is 5.32 Å². The van der Waals surface area contributed by atoms with Crippen LogP contribution in [0.4, 0.5) is 0 Å². The number of carboxylic acids is 1. The lowest BCUT2D eigenvalue weighted by Crippen LogP contribution is -2.15. The van der Waals surface area contributed by atoms with Crippen LogP contribution in [0.3, 0.4) is 0 Å². The Morgan fingerprint density at radius 2 is 1.75 bits per heavy atom. The van der Waals surface area contributed by atoms with Crippen molar-refractivity contribution < 1.29 is 19.4 Å². The van der Waals surface area contributed by atoms with Crippen molar-refractivity contribution in [2.24, 2.45) is 0 Å². The number of benzene rings is 3. The highest BCUT2D eigenvalue weighted by molar-refractivity contribution is 6.30. The van der Waals surface area contributed by atoms with E-state index in [4.69, 9.17) is 26.2 Å². The van der Waals surface area contributed by atoms with Crippen molar-refractivity contribution in [3.05, 3.63) is 100 Å². The summed E-state index contributed by atoms with van der Waals surface area (Å²) in [6, 6.07) is 21.9. The average Bonchev–Trinajstić information content (AvgIpc) is 3.70. The lowest BCUT2D eigenvalue weighted by Gasteiger charge is -2.12. The van der Waals surface area contributed by atoms with Crippen LogP contribution in [-0.2, 0) is 4.79 Å². The smallest absolute Gasteiger partial charge is 0.341 e. The zero-order chi connectivity index (χ0) is 25.3. The maximum absolute atomic E-state index is 10.7. The molecule has 184 valence electrons. The normalized spacial score (nSPS) is 13.0. The minimum absolute atomic E-state index is 0.348. The first kappa shape index (κ1) is 25.4. The van der Waals surface area contributed by atoms with E-state index >= 15 is 0 Å². The number of nitrogens with one attached hydrogen (secondary N) is 1. The molecule has 3 aromatic carbocycles. The maximum Gasteiger partial charge on any atom is 0.341 e. The van der Waals surface area contributed by atoms with E-state index in [0.29, 0.717) is 35.7 Å². The van der Waals surface area contributed by atoms with Crippen molar-refractivity contribution in [3.8, 4) is 23.3 Å². The zero-order valence-corrected chi connectivity index (χ0v) is 20.8.